The second kappa shape index (κ2) is 4.74. The van der Waals surface area contributed by atoms with Gasteiger partial charge in [0.15, 0.2) is 5.11 Å². The van der Waals surface area contributed by atoms with E-state index in [4.69, 9.17) is 12.2 Å². The number of aromatic nitrogens is 1. The first kappa shape index (κ1) is 11.2. The average molecular weight is 255 g/mol. The zero-order valence-electron chi connectivity index (χ0n) is 9.71. The number of nitrogens with zero attached hydrogens (tertiary/aromatic N) is 1. The molecule has 1 fully saturated rings. The SMILES string of the molecule is S=C1NC(c2ccccc2)C(c2cccnc2)N1. The van der Waals surface area contributed by atoms with E-state index in [-0.39, 0.29) is 12.1 Å². The van der Waals surface area contributed by atoms with Gasteiger partial charge in [0.25, 0.3) is 0 Å². The fraction of sp³-hybridized carbons (Fsp3) is 0.143. The first-order valence-electron chi connectivity index (χ1n) is 5.86. The van der Waals surface area contributed by atoms with E-state index in [1.165, 1.54) is 5.56 Å². The summed E-state index contributed by atoms with van der Waals surface area (Å²) in [5.41, 5.74) is 2.36. The topological polar surface area (TPSA) is 37.0 Å². The largest absolute Gasteiger partial charge is 0.353 e. The van der Waals surface area contributed by atoms with Gasteiger partial charge in [-0.05, 0) is 29.4 Å². The predicted molar refractivity (Wildman–Crippen MR) is 75.0 cm³/mol. The smallest absolute Gasteiger partial charge is 0.167 e. The summed E-state index contributed by atoms with van der Waals surface area (Å²) in [5, 5.41) is 7.30. The van der Waals surface area contributed by atoms with E-state index >= 15 is 0 Å². The van der Waals surface area contributed by atoms with Crippen molar-refractivity contribution < 1.29 is 0 Å². The van der Waals surface area contributed by atoms with Gasteiger partial charge in [0.2, 0.25) is 0 Å². The molecule has 4 heteroatoms. The molecule has 0 aliphatic carbocycles. The normalized spacial score (nSPS) is 22.3. The highest BCUT2D eigenvalue weighted by atomic mass is 32.1. The highest BCUT2D eigenvalue weighted by molar-refractivity contribution is 7.80. The van der Waals surface area contributed by atoms with Crippen LogP contribution in [0.3, 0.4) is 0 Å². The Morgan fingerprint density at radius 1 is 0.889 bits per heavy atom. The van der Waals surface area contributed by atoms with Gasteiger partial charge in [-0.2, -0.15) is 0 Å². The summed E-state index contributed by atoms with van der Waals surface area (Å²) < 4.78 is 0. The van der Waals surface area contributed by atoms with Crippen LogP contribution < -0.4 is 10.6 Å². The van der Waals surface area contributed by atoms with Crippen LogP contribution >= 0.6 is 12.2 Å². The third-order valence-corrected chi connectivity index (χ3v) is 3.34. The third kappa shape index (κ3) is 2.07. The summed E-state index contributed by atoms with van der Waals surface area (Å²) in [7, 11) is 0. The summed E-state index contributed by atoms with van der Waals surface area (Å²) in [6, 6.07) is 14.6. The molecular formula is C14H13N3S. The Hall–Kier alpha value is -1.94. The molecule has 2 heterocycles. The maximum Gasteiger partial charge on any atom is 0.167 e. The zero-order chi connectivity index (χ0) is 12.4. The Kier molecular flexibility index (Phi) is 2.94. The first-order valence-corrected chi connectivity index (χ1v) is 6.27. The molecule has 1 aromatic carbocycles. The molecule has 90 valence electrons. The number of rotatable bonds is 2. The minimum Gasteiger partial charge on any atom is -0.353 e. The van der Waals surface area contributed by atoms with Crippen LogP contribution in [0.25, 0.3) is 0 Å². The molecule has 0 bridgehead atoms. The molecule has 1 aliphatic rings. The van der Waals surface area contributed by atoms with Crippen LogP contribution in [0.15, 0.2) is 54.9 Å². The van der Waals surface area contributed by atoms with Crippen molar-refractivity contribution in [2.45, 2.75) is 12.1 Å². The first-order chi connectivity index (χ1) is 8.84. The van der Waals surface area contributed by atoms with E-state index in [9.17, 15) is 0 Å². The van der Waals surface area contributed by atoms with Crippen LogP contribution in [0.1, 0.15) is 23.2 Å². The molecule has 1 aliphatic heterocycles. The van der Waals surface area contributed by atoms with Crippen molar-refractivity contribution >= 4 is 17.3 Å². The summed E-state index contributed by atoms with van der Waals surface area (Å²) in [4.78, 5) is 4.17. The van der Waals surface area contributed by atoms with Crippen molar-refractivity contribution in [3.63, 3.8) is 0 Å². The summed E-state index contributed by atoms with van der Waals surface area (Å²) in [5.74, 6) is 0. The lowest BCUT2D eigenvalue weighted by Crippen LogP contribution is -2.21. The highest BCUT2D eigenvalue weighted by Gasteiger charge is 2.31. The van der Waals surface area contributed by atoms with Gasteiger partial charge >= 0.3 is 0 Å². The molecule has 0 saturated carbocycles. The minimum absolute atomic E-state index is 0.133. The minimum atomic E-state index is 0.133. The number of thiocarbonyl (C=S) groups is 1. The zero-order valence-corrected chi connectivity index (χ0v) is 10.5. The number of hydrogen-bond acceptors (Lipinski definition) is 2. The Labute approximate surface area is 111 Å². The van der Waals surface area contributed by atoms with E-state index < -0.39 is 0 Å². The van der Waals surface area contributed by atoms with Gasteiger partial charge in [0.05, 0.1) is 12.1 Å². The van der Waals surface area contributed by atoms with Crippen LogP contribution in [0, 0.1) is 0 Å². The molecule has 0 spiro atoms. The second-order valence-corrected chi connectivity index (χ2v) is 4.68. The molecule has 2 atom stereocenters. The molecule has 2 N–H and O–H groups in total. The van der Waals surface area contributed by atoms with Gasteiger partial charge in [0, 0.05) is 12.4 Å². The second-order valence-electron chi connectivity index (χ2n) is 4.27. The lowest BCUT2D eigenvalue weighted by Gasteiger charge is -2.19. The quantitative estimate of drug-likeness (QED) is 0.808. The summed E-state index contributed by atoms with van der Waals surface area (Å²) in [6.45, 7) is 0. The van der Waals surface area contributed by atoms with Crippen LogP contribution in [0.2, 0.25) is 0 Å². The van der Waals surface area contributed by atoms with E-state index in [0.29, 0.717) is 5.11 Å². The number of benzene rings is 1. The average Bonchev–Trinajstić information content (AvgIpc) is 2.83. The lowest BCUT2D eigenvalue weighted by atomic mass is 9.96. The van der Waals surface area contributed by atoms with E-state index in [0.717, 1.165) is 5.56 Å². The van der Waals surface area contributed by atoms with Gasteiger partial charge in [-0.25, -0.2) is 0 Å². The summed E-state index contributed by atoms with van der Waals surface area (Å²) >= 11 is 5.23. The van der Waals surface area contributed by atoms with E-state index in [1.807, 2.05) is 30.5 Å². The third-order valence-electron chi connectivity index (χ3n) is 3.11. The summed E-state index contributed by atoms with van der Waals surface area (Å²) in [6.07, 6.45) is 3.66. The van der Waals surface area contributed by atoms with Gasteiger partial charge < -0.3 is 10.6 Å². The van der Waals surface area contributed by atoms with Gasteiger partial charge in [0.1, 0.15) is 0 Å². The number of pyridine rings is 1. The highest BCUT2D eigenvalue weighted by Crippen LogP contribution is 2.31. The molecule has 3 nitrogen and oxygen atoms in total. The maximum atomic E-state index is 5.23. The van der Waals surface area contributed by atoms with Crippen LogP contribution in [-0.2, 0) is 0 Å². The van der Waals surface area contributed by atoms with Crippen LogP contribution in [0.4, 0.5) is 0 Å². The van der Waals surface area contributed by atoms with Crippen molar-refractivity contribution in [2.24, 2.45) is 0 Å². The van der Waals surface area contributed by atoms with Crippen molar-refractivity contribution in [2.75, 3.05) is 0 Å². The number of nitrogens with one attached hydrogen (secondary N) is 2. The monoisotopic (exact) mass is 255 g/mol. The molecule has 3 rings (SSSR count). The van der Waals surface area contributed by atoms with Gasteiger partial charge in [-0.1, -0.05) is 36.4 Å². The molecule has 1 aromatic heterocycles. The van der Waals surface area contributed by atoms with Gasteiger partial charge in [-0.15, -0.1) is 0 Å². The Morgan fingerprint density at radius 3 is 2.22 bits per heavy atom. The Bertz CT molecular complexity index is 492. The van der Waals surface area contributed by atoms with E-state index in [1.54, 1.807) is 6.20 Å². The van der Waals surface area contributed by atoms with Crippen LogP contribution in [-0.4, -0.2) is 10.1 Å². The molecule has 2 unspecified atom stereocenters. The molecular weight excluding hydrogens is 242 g/mol. The molecule has 0 amide bonds. The molecule has 1 saturated heterocycles. The van der Waals surface area contributed by atoms with Crippen molar-refractivity contribution in [1.29, 1.82) is 0 Å². The fourth-order valence-corrected chi connectivity index (χ4v) is 2.52. The standard InChI is InChI=1S/C14H13N3S/c18-14-16-12(10-5-2-1-3-6-10)13(17-14)11-7-4-8-15-9-11/h1-9,12-13H,(H2,16,17,18). The van der Waals surface area contributed by atoms with Crippen molar-refractivity contribution in [1.82, 2.24) is 15.6 Å². The fourth-order valence-electron chi connectivity index (χ4n) is 2.26. The van der Waals surface area contributed by atoms with Crippen molar-refractivity contribution in [3.05, 3.63) is 66.0 Å². The molecule has 18 heavy (non-hydrogen) atoms. The predicted octanol–water partition coefficient (Wildman–Crippen LogP) is 2.34. The molecule has 0 radical (unpaired) electrons. The maximum absolute atomic E-state index is 5.23. The molecule has 2 aromatic rings. The van der Waals surface area contributed by atoms with Crippen LogP contribution in [0.5, 0.6) is 0 Å². The van der Waals surface area contributed by atoms with Crippen molar-refractivity contribution in [3.8, 4) is 0 Å². The van der Waals surface area contributed by atoms with Gasteiger partial charge in [-0.3, -0.25) is 4.98 Å². The Morgan fingerprint density at radius 2 is 1.56 bits per heavy atom. The van der Waals surface area contributed by atoms with E-state index in [2.05, 4.69) is 33.8 Å². The number of hydrogen-bond donors (Lipinski definition) is 2. The lowest BCUT2D eigenvalue weighted by molar-refractivity contribution is 0.552. The Balaban J connectivity index is 1.96.